The number of benzene rings is 1. The van der Waals surface area contributed by atoms with Crippen LogP contribution in [0.5, 0.6) is 5.75 Å². The van der Waals surface area contributed by atoms with Crippen LogP contribution in [0.15, 0.2) is 24.3 Å². The Hall–Kier alpha value is -3.14. The number of aromatic hydroxyl groups is 1. The van der Waals surface area contributed by atoms with E-state index in [4.69, 9.17) is 0 Å². The molecule has 2 heterocycles. The number of amides is 3. The number of nitrogens with zero attached hydrogens (tertiary/aromatic N) is 1. The predicted octanol–water partition coefficient (Wildman–Crippen LogP) is -0.248. The zero-order valence-corrected chi connectivity index (χ0v) is 18.0. The summed E-state index contributed by atoms with van der Waals surface area (Å²) in [7, 11) is 0. The number of nitrogens with one attached hydrogen (secondary N) is 3. The van der Waals surface area contributed by atoms with Crippen LogP contribution in [0.1, 0.15) is 38.2 Å². The van der Waals surface area contributed by atoms with E-state index in [-0.39, 0.29) is 24.1 Å². The van der Waals surface area contributed by atoms with Gasteiger partial charge in [-0.2, -0.15) is 0 Å². The van der Waals surface area contributed by atoms with Crippen LogP contribution in [0.25, 0.3) is 0 Å². The summed E-state index contributed by atoms with van der Waals surface area (Å²) >= 11 is 0. The first-order valence-electron chi connectivity index (χ1n) is 10.9. The number of hydrogen-bond acceptors (Lipinski definition) is 6. The van der Waals surface area contributed by atoms with E-state index in [1.54, 1.807) is 19.1 Å². The summed E-state index contributed by atoms with van der Waals surface area (Å²) in [5.41, 5.74) is 0.694. The van der Waals surface area contributed by atoms with E-state index in [1.807, 2.05) is 0 Å². The van der Waals surface area contributed by atoms with Gasteiger partial charge in [-0.1, -0.05) is 12.1 Å². The fraction of sp³-hybridized carbons (Fsp3) is 0.545. The third kappa shape index (κ3) is 5.76. The number of phenolic OH excluding ortho intramolecular Hbond substituents is 1. The number of rotatable bonds is 8. The van der Waals surface area contributed by atoms with E-state index in [2.05, 4.69) is 16.0 Å². The normalized spacial score (nSPS) is 22.2. The lowest BCUT2D eigenvalue weighted by molar-refractivity contribution is -0.149. The molecule has 174 valence electrons. The lowest BCUT2D eigenvalue weighted by Crippen LogP contribution is -2.56. The highest BCUT2D eigenvalue weighted by atomic mass is 16.4. The molecular formula is C22H30N4O6. The van der Waals surface area contributed by atoms with Gasteiger partial charge in [0.15, 0.2) is 0 Å². The van der Waals surface area contributed by atoms with Gasteiger partial charge in [-0.15, -0.1) is 0 Å². The second-order valence-corrected chi connectivity index (χ2v) is 8.34. The van der Waals surface area contributed by atoms with Crippen molar-refractivity contribution < 1.29 is 29.4 Å². The molecule has 2 fully saturated rings. The Morgan fingerprint density at radius 2 is 1.84 bits per heavy atom. The van der Waals surface area contributed by atoms with Gasteiger partial charge in [-0.05, 0) is 56.8 Å². The number of hydrogen-bond donors (Lipinski definition) is 5. The highest BCUT2D eigenvalue weighted by Crippen LogP contribution is 2.20. The number of likely N-dealkylation sites (tertiary alicyclic amines) is 1. The van der Waals surface area contributed by atoms with Crippen LogP contribution < -0.4 is 16.0 Å². The Morgan fingerprint density at radius 1 is 1.12 bits per heavy atom. The summed E-state index contributed by atoms with van der Waals surface area (Å²) < 4.78 is 0. The quantitative estimate of drug-likeness (QED) is 0.370. The largest absolute Gasteiger partial charge is 0.508 e. The first-order chi connectivity index (χ1) is 15.3. The van der Waals surface area contributed by atoms with Crippen LogP contribution in [0.4, 0.5) is 0 Å². The molecular weight excluding hydrogens is 416 g/mol. The summed E-state index contributed by atoms with van der Waals surface area (Å²) in [5, 5.41) is 27.4. The van der Waals surface area contributed by atoms with Crippen LogP contribution in [0.2, 0.25) is 0 Å². The van der Waals surface area contributed by atoms with Gasteiger partial charge < -0.3 is 31.1 Å². The van der Waals surface area contributed by atoms with Crippen molar-refractivity contribution in [1.29, 1.82) is 0 Å². The highest BCUT2D eigenvalue weighted by molar-refractivity contribution is 5.94. The van der Waals surface area contributed by atoms with Gasteiger partial charge >= 0.3 is 5.97 Å². The molecule has 0 aliphatic carbocycles. The van der Waals surface area contributed by atoms with Crippen molar-refractivity contribution >= 4 is 23.7 Å². The summed E-state index contributed by atoms with van der Waals surface area (Å²) in [6.45, 7) is 2.60. The van der Waals surface area contributed by atoms with Crippen LogP contribution in [0.3, 0.4) is 0 Å². The standard InChI is InChI=1S/C22H30N4O6/c1-13(24-20(29)16-4-2-10-23-16)19(28)25-17(12-14-6-8-15(27)9-7-14)21(30)26-11-3-5-18(26)22(31)32/h6-9,13,16-18,23,27H,2-5,10-12H2,1H3,(H,24,29)(H,25,28)(H,31,32). The Morgan fingerprint density at radius 3 is 2.47 bits per heavy atom. The molecule has 4 unspecified atom stereocenters. The molecule has 1 aromatic carbocycles. The minimum atomic E-state index is -1.07. The monoisotopic (exact) mass is 446 g/mol. The van der Waals surface area contributed by atoms with Gasteiger partial charge in [-0.3, -0.25) is 14.4 Å². The molecule has 32 heavy (non-hydrogen) atoms. The van der Waals surface area contributed by atoms with E-state index in [9.17, 15) is 29.4 Å². The Labute approximate surface area is 186 Å². The Balaban J connectivity index is 1.71. The first kappa shape index (κ1) is 23.5. The average molecular weight is 447 g/mol. The second kappa shape index (κ2) is 10.4. The Kier molecular flexibility index (Phi) is 7.68. The topological polar surface area (TPSA) is 148 Å². The van der Waals surface area contributed by atoms with Crippen molar-refractivity contribution in [2.24, 2.45) is 0 Å². The molecule has 0 saturated carbocycles. The molecule has 0 aromatic heterocycles. The SMILES string of the molecule is CC(NC(=O)C1CCCN1)C(=O)NC(Cc1ccc(O)cc1)C(=O)N1CCCC1C(=O)O. The summed E-state index contributed by atoms with van der Waals surface area (Å²) in [4.78, 5) is 51.2. The molecule has 3 rings (SSSR count). The number of aliphatic carboxylic acids is 1. The van der Waals surface area contributed by atoms with Crippen molar-refractivity contribution in [2.75, 3.05) is 13.1 Å². The lowest BCUT2D eigenvalue weighted by atomic mass is 10.0. The summed E-state index contributed by atoms with van der Waals surface area (Å²) in [6, 6.07) is 3.10. The molecule has 0 radical (unpaired) electrons. The molecule has 5 N–H and O–H groups in total. The molecule has 3 amide bonds. The van der Waals surface area contributed by atoms with E-state index in [0.29, 0.717) is 31.4 Å². The van der Waals surface area contributed by atoms with Gasteiger partial charge in [0.2, 0.25) is 17.7 Å². The summed E-state index contributed by atoms with van der Waals surface area (Å²) in [5.74, 6) is -2.28. The molecule has 2 aliphatic heterocycles. The zero-order chi connectivity index (χ0) is 23.3. The van der Waals surface area contributed by atoms with Crippen LogP contribution >= 0.6 is 0 Å². The first-order valence-corrected chi connectivity index (χ1v) is 10.9. The minimum Gasteiger partial charge on any atom is -0.508 e. The molecule has 1 aromatic rings. The van der Waals surface area contributed by atoms with Crippen molar-refractivity contribution in [3.05, 3.63) is 29.8 Å². The fourth-order valence-corrected chi connectivity index (χ4v) is 4.14. The molecule has 2 saturated heterocycles. The number of phenols is 1. The third-order valence-corrected chi connectivity index (χ3v) is 5.94. The van der Waals surface area contributed by atoms with Gasteiger partial charge in [-0.25, -0.2) is 4.79 Å². The van der Waals surface area contributed by atoms with Gasteiger partial charge in [0.05, 0.1) is 6.04 Å². The third-order valence-electron chi connectivity index (χ3n) is 5.94. The highest BCUT2D eigenvalue weighted by Gasteiger charge is 2.38. The number of carboxylic acid groups (broad SMARTS) is 1. The Bertz CT molecular complexity index is 852. The van der Waals surface area contributed by atoms with E-state index in [1.165, 1.54) is 17.0 Å². The maximum Gasteiger partial charge on any atom is 0.326 e. The number of carbonyl (C=O) groups excluding carboxylic acids is 3. The molecule has 0 bridgehead atoms. The van der Waals surface area contributed by atoms with Gasteiger partial charge in [0, 0.05) is 13.0 Å². The fourth-order valence-electron chi connectivity index (χ4n) is 4.14. The van der Waals surface area contributed by atoms with Crippen molar-refractivity contribution in [2.45, 2.75) is 63.2 Å². The van der Waals surface area contributed by atoms with E-state index in [0.717, 1.165) is 13.0 Å². The smallest absolute Gasteiger partial charge is 0.326 e. The maximum absolute atomic E-state index is 13.2. The maximum atomic E-state index is 13.2. The van der Waals surface area contributed by atoms with Crippen LogP contribution in [0, 0.1) is 0 Å². The zero-order valence-electron chi connectivity index (χ0n) is 18.0. The molecule has 2 aliphatic rings. The summed E-state index contributed by atoms with van der Waals surface area (Å²) in [6.07, 6.45) is 2.65. The predicted molar refractivity (Wildman–Crippen MR) is 115 cm³/mol. The van der Waals surface area contributed by atoms with Crippen LogP contribution in [-0.4, -0.2) is 76.1 Å². The average Bonchev–Trinajstić information content (AvgIpc) is 3.46. The van der Waals surface area contributed by atoms with Crippen LogP contribution in [-0.2, 0) is 25.6 Å². The van der Waals surface area contributed by atoms with E-state index >= 15 is 0 Å². The number of carboxylic acids is 1. The number of carbonyl (C=O) groups is 4. The van der Waals surface area contributed by atoms with Crippen molar-refractivity contribution in [3.63, 3.8) is 0 Å². The van der Waals surface area contributed by atoms with Crippen molar-refractivity contribution in [3.8, 4) is 5.75 Å². The second-order valence-electron chi connectivity index (χ2n) is 8.34. The van der Waals surface area contributed by atoms with Gasteiger partial charge in [0.1, 0.15) is 23.9 Å². The molecule has 0 spiro atoms. The molecule has 10 nitrogen and oxygen atoms in total. The minimum absolute atomic E-state index is 0.0722. The van der Waals surface area contributed by atoms with Crippen molar-refractivity contribution in [1.82, 2.24) is 20.9 Å². The molecule has 10 heteroatoms. The molecule has 4 atom stereocenters. The van der Waals surface area contributed by atoms with E-state index < -0.39 is 35.9 Å². The lowest BCUT2D eigenvalue weighted by Gasteiger charge is -2.28. The van der Waals surface area contributed by atoms with Gasteiger partial charge in [0.25, 0.3) is 0 Å².